The summed E-state index contributed by atoms with van der Waals surface area (Å²) in [5.74, 6) is 1.82. The summed E-state index contributed by atoms with van der Waals surface area (Å²) in [5, 5.41) is 16.5. The molecule has 6 heteroatoms. The number of aliphatic hydroxyl groups is 1. The Bertz CT molecular complexity index is 359. The zero-order chi connectivity index (χ0) is 16.5. The molecule has 142 valence electrons. The van der Waals surface area contributed by atoms with Crippen molar-refractivity contribution in [2.75, 3.05) is 32.7 Å². The molecule has 2 unspecified atom stereocenters. The van der Waals surface area contributed by atoms with E-state index in [0.717, 1.165) is 63.9 Å². The smallest absolute Gasteiger partial charge is 0.191 e. The van der Waals surface area contributed by atoms with Gasteiger partial charge in [-0.25, -0.2) is 0 Å². The van der Waals surface area contributed by atoms with Crippen LogP contribution in [0.25, 0.3) is 0 Å². The molecule has 2 fully saturated rings. The van der Waals surface area contributed by atoms with Crippen molar-refractivity contribution in [3.8, 4) is 0 Å². The van der Waals surface area contributed by atoms with Crippen LogP contribution in [-0.2, 0) is 0 Å². The monoisotopic (exact) mass is 452 g/mol. The Balaban J connectivity index is 0.00000288. The summed E-state index contributed by atoms with van der Waals surface area (Å²) in [4.78, 5) is 7.20. The van der Waals surface area contributed by atoms with Crippen LogP contribution in [0.15, 0.2) is 4.99 Å². The van der Waals surface area contributed by atoms with E-state index >= 15 is 0 Å². The van der Waals surface area contributed by atoms with Gasteiger partial charge in [0.2, 0.25) is 0 Å². The molecule has 2 atom stereocenters. The van der Waals surface area contributed by atoms with Gasteiger partial charge in [-0.2, -0.15) is 0 Å². The molecule has 5 nitrogen and oxygen atoms in total. The maximum Gasteiger partial charge on any atom is 0.191 e. The van der Waals surface area contributed by atoms with Gasteiger partial charge in [0.15, 0.2) is 5.96 Å². The summed E-state index contributed by atoms with van der Waals surface area (Å²) < 4.78 is 0. The van der Waals surface area contributed by atoms with E-state index in [0.29, 0.717) is 6.04 Å². The molecule has 0 aromatic heterocycles. The lowest BCUT2D eigenvalue weighted by molar-refractivity contribution is 0.0824. The topological polar surface area (TPSA) is 59.9 Å². The van der Waals surface area contributed by atoms with Gasteiger partial charge in [-0.1, -0.05) is 19.8 Å². The minimum Gasteiger partial charge on any atom is -0.393 e. The van der Waals surface area contributed by atoms with Crippen molar-refractivity contribution in [3.63, 3.8) is 0 Å². The predicted molar refractivity (Wildman–Crippen MR) is 112 cm³/mol. The van der Waals surface area contributed by atoms with Gasteiger partial charge >= 0.3 is 0 Å². The molecule has 0 spiro atoms. The highest BCUT2D eigenvalue weighted by Crippen LogP contribution is 2.23. The largest absolute Gasteiger partial charge is 0.393 e. The van der Waals surface area contributed by atoms with Gasteiger partial charge in [-0.15, -0.1) is 24.0 Å². The average Bonchev–Trinajstić information content (AvgIpc) is 2.53. The molecule has 0 radical (unpaired) electrons. The van der Waals surface area contributed by atoms with Gasteiger partial charge in [0, 0.05) is 32.2 Å². The molecule has 0 bridgehead atoms. The number of halogens is 1. The van der Waals surface area contributed by atoms with Crippen molar-refractivity contribution in [3.05, 3.63) is 0 Å². The Morgan fingerprint density at radius 3 is 2.62 bits per heavy atom. The Hall–Kier alpha value is -0.0800. The number of nitrogens with zero attached hydrogens (tertiary/aromatic N) is 2. The lowest BCUT2D eigenvalue weighted by atomic mass is 9.87. The standard InChI is InChI=1S/C18H36N4O.HI/c1-3-19-18(21-16-7-4-6-15(2)14-16)20-10-5-11-22-12-8-17(23)9-13-22;/h15-17,23H,3-14H2,1-2H3,(H2,19,20,21);1H. The van der Waals surface area contributed by atoms with Crippen molar-refractivity contribution >= 4 is 29.9 Å². The highest BCUT2D eigenvalue weighted by Gasteiger charge is 2.19. The van der Waals surface area contributed by atoms with E-state index in [1.807, 2.05) is 0 Å². The third-order valence-electron chi connectivity index (χ3n) is 5.08. The van der Waals surface area contributed by atoms with Gasteiger partial charge in [-0.05, 0) is 51.5 Å². The van der Waals surface area contributed by atoms with Gasteiger partial charge in [0.1, 0.15) is 0 Å². The second-order valence-corrected chi connectivity index (χ2v) is 7.30. The number of nitrogens with one attached hydrogen (secondary N) is 2. The van der Waals surface area contributed by atoms with Crippen LogP contribution in [0.5, 0.6) is 0 Å². The molecule has 0 aromatic rings. The summed E-state index contributed by atoms with van der Waals surface area (Å²) >= 11 is 0. The van der Waals surface area contributed by atoms with Crippen molar-refractivity contribution in [1.82, 2.24) is 15.5 Å². The normalized spacial score (nSPS) is 26.7. The van der Waals surface area contributed by atoms with Gasteiger partial charge in [0.25, 0.3) is 0 Å². The molecular weight excluding hydrogens is 415 g/mol. The van der Waals surface area contributed by atoms with Crippen LogP contribution in [0.4, 0.5) is 0 Å². The molecule has 2 rings (SSSR count). The average molecular weight is 452 g/mol. The fraction of sp³-hybridized carbons (Fsp3) is 0.944. The van der Waals surface area contributed by atoms with E-state index < -0.39 is 0 Å². The molecule has 2 aliphatic rings. The van der Waals surface area contributed by atoms with Gasteiger partial charge < -0.3 is 20.6 Å². The minimum absolute atomic E-state index is 0. The molecule has 1 saturated heterocycles. The predicted octanol–water partition coefficient (Wildman–Crippen LogP) is 2.59. The first-order valence-electron chi connectivity index (χ1n) is 9.62. The first kappa shape index (κ1) is 22.0. The van der Waals surface area contributed by atoms with Crippen molar-refractivity contribution in [1.29, 1.82) is 0 Å². The van der Waals surface area contributed by atoms with E-state index in [1.54, 1.807) is 0 Å². The summed E-state index contributed by atoms with van der Waals surface area (Å²) in [5.41, 5.74) is 0. The van der Waals surface area contributed by atoms with Crippen LogP contribution in [0, 0.1) is 5.92 Å². The number of hydrogen-bond acceptors (Lipinski definition) is 3. The molecule has 1 saturated carbocycles. The zero-order valence-corrected chi connectivity index (χ0v) is 17.8. The highest BCUT2D eigenvalue weighted by molar-refractivity contribution is 14.0. The van der Waals surface area contributed by atoms with Crippen molar-refractivity contribution < 1.29 is 5.11 Å². The molecule has 1 heterocycles. The van der Waals surface area contributed by atoms with E-state index in [4.69, 9.17) is 4.99 Å². The number of rotatable bonds is 6. The molecule has 1 aliphatic heterocycles. The van der Waals surface area contributed by atoms with E-state index in [2.05, 4.69) is 29.4 Å². The lowest BCUT2D eigenvalue weighted by Gasteiger charge is -2.29. The third-order valence-corrected chi connectivity index (χ3v) is 5.08. The number of aliphatic hydroxyl groups excluding tert-OH is 1. The van der Waals surface area contributed by atoms with E-state index in [9.17, 15) is 5.11 Å². The number of aliphatic imine (C=N–C) groups is 1. The first-order valence-corrected chi connectivity index (χ1v) is 9.62. The summed E-state index contributed by atoms with van der Waals surface area (Å²) in [6.07, 6.45) is 8.10. The SMILES string of the molecule is CCNC(=NCCCN1CCC(O)CC1)NC1CCCC(C)C1.I. The Labute approximate surface area is 165 Å². The number of guanidine groups is 1. The van der Waals surface area contributed by atoms with Crippen LogP contribution in [-0.4, -0.2) is 60.8 Å². The van der Waals surface area contributed by atoms with Crippen LogP contribution in [0.3, 0.4) is 0 Å². The minimum atomic E-state index is -0.0771. The van der Waals surface area contributed by atoms with Gasteiger partial charge in [-0.3, -0.25) is 4.99 Å². The fourth-order valence-electron chi connectivity index (χ4n) is 3.71. The number of hydrogen-bond donors (Lipinski definition) is 3. The molecule has 3 N–H and O–H groups in total. The van der Waals surface area contributed by atoms with Crippen LogP contribution in [0.2, 0.25) is 0 Å². The van der Waals surface area contributed by atoms with Gasteiger partial charge in [0.05, 0.1) is 6.10 Å². The van der Waals surface area contributed by atoms with Crippen LogP contribution < -0.4 is 10.6 Å². The number of piperidine rings is 1. The Kier molecular flexibility index (Phi) is 11.3. The van der Waals surface area contributed by atoms with Crippen LogP contribution in [0.1, 0.15) is 58.8 Å². The molecule has 24 heavy (non-hydrogen) atoms. The quantitative estimate of drug-likeness (QED) is 0.251. The second-order valence-electron chi connectivity index (χ2n) is 7.30. The summed E-state index contributed by atoms with van der Waals surface area (Å²) in [6, 6.07) is 0.583. The second kappa shape index (κ2) is 12.3. The zero-order valence-electron chi connectivity index (χ0n) is 15.5. The molecule has 0 aromatic carbocycles. The lowest BCUT2D eigenvalue weighted by Crippen LogP contribution is -2.45. The Morgan fingerprint density at radius 2 is 1.96 bits per heavy atom. The maximum atomic E-state index is 9.54. The molecule has 0 amide bonds. The number of likely N-dealkylation sites (tertiary alicyclic amines) is 1. The van der Waals surface area contributed by atoms with E-state index in [-0.39, 0.29) is 30.1 Å². The first-order chi connectivity index (χ1) is 11.2. The summed E-state index contributed by atoms with van der Waals surface area (Å²) in [6.45, 7) is 9.42. The van der Waals surface area contributed by atoms with E-state index in [1.165, 1.54) is 25.7 Å². The summed E-state index contributed by atoms with van der Waals surface area (Å²) in [7, 11) is 0. The fourth-order valence-corrected chi connectivity index (χ4v) is 3.71. The molecular formula is C18H37IN4O. The van der Waals surface area contributed by atoms with Crippen LogP contribution >= 0.6 is 24.0 Å². The van der Waals surface area contributed by atoms with Crippen molar-refractivity contribution in [2.45, 2.75) is 70.9 Å². The molecule has 1 aliphatic carbocycles. The maximum absolute atomic E-state index is 9.54. The van der Waals surface area contributed by atoms with Crippen molar-refractivity contribution in [2.24, 2.45) is 10.9 Å². The third kappa shape index (κ3) is 8.34. The highest BCUT2D eigenvalue weighted by atomic mass is 127. The Morgan fingerprint density at radius 1 is 1.21 bits per heavy atom.